The molecule has 12 heteroatoms. The van der Waals surface area contributed by atoms with E-state index in [1.807, 2.05) is 115 Å². The van der Waals surface area contributed by atoms with Gasteiger partial charge in [0, 0.05) is 18.8 Å². The Balaban J connectivity index is 0.985. The second kappa shape index (κ2) is 17.0. The van der Waals surface area contributed by atoms with Crippen LogP contribution in [0.25, 0.3) is 22.4 Å². The minimum absolute atomic E-state index is 0.0780. The highest BCUT2D eigenvalue weighted by atomic mass is 16.5. The molecule has 0 spiro atoms. The molecule has 7 rings (SSSR count). The number of aromatic amines is 1. The maximum absolute atomic E-state index is 13.9. The number of rotatable bonds is 11. The van der Waals surface area contributed by atoms with Crippen molar-refractivity contribution in [2.45, 2.75) is 49.9 Å². The van der Waals surface area contributed by atoms with Crippen molar-refractivity contribution in [3.63, 3.8) is 0 Å². The highest BCUT2D eigenvalue weighted by Gasteiger charge is 2.39. The van der Waals surface area contributed by atoms with Crippen LogP contribution in [0.2, 0.25) is 0 Å². The van der Waals surface area contributed by atoms with Crippen LogP contribution in [0.3, 0.4) is 0 Å². The van der Waals surface area contributed by atoms with Crippen LogP contribution in [0.5, 0.6) is 0 Å². The molecule has 0 bridgehead atoms. The van der Waals surface area contributed by atoms with Crippen molar-refractivity contribution >= 4 is 29.5 Å². The van der Waals surface area contributed by atoms with Crippen LogP contribution in [0, 0.1) is 0 Å². The number of carbonyl (C=O) groups is 4. The van der Waals surface area contributed by atoms with E-state index in [4.69, 9.17) is 9.72 Å². The van der Waals surface area contributed by atoms with Crippen molar-refractivity contribution in [3.05, 3.63) is 132 Å². The summed E-state index contributed by atoms with van der Waals surface area (Å²) in [5, 5.41) is 5.61. The maximum Gasteiger partial charge on any atom is 0.407 e. The van der Waals surface area contributed by atoms with Gasteiger partial charge in [0.2, 0.25) is 11.8 Å². The van der Waals surface area contributed by atoms with Crippen molar-refractivity contribution in [1.29, 1.82) is 0 Å². The van der Waals surface area contributed by atoms with Gasteiger partial charge in [-0.1, -0.05) is 97.1 Å². The molecule has 288 valence electrons. The van der Waals surface area contributed by atoms with Gasteiger partial charge in [0.15, 0.2) is 0 Å². The number of ether oxygens (including phenoxy) is 1. The SMILES string of the molecule is COC(=O)N[C@@H](C(=O)N1CCCC1C(=O)Nc1ccc(-c2ccc(-c3cnc([C@@H]4CCCN4C(=O)[C@@H](c4ccccc4)N(C)C)[nH]3)cc2)cc1)c1ccccc1. The first-order valence-electron chi connectivity index (χ1n) is 19.0. The van der Waals surface area contributed by atoms with Crippen LogP contribution in [-0.4, -0.2) is 88.8 Å². The fourth-order valence-corrected chi connectivity index (χ4v) is 7.81. The number of imidazole rings is 1. The van der Waals surface area contributed by atoms with E-state index in [0.717, 1.165) is 46.6 Å². The van der Waals surface area contributed by atoms with Crippen molar-refractivity contribution in [2.75, 3.05) is 39.6 Å². The molecule has 3 N–H and O–H groups in total. The Labute approximate surface area is 326 Å². The molecule has 3 heterocycles. The number of aromatic nitrogens is 2. The summed E-state index contributed by atoms with van der Waals surface area (Å²) in [5.41, 5.74) is 6.04. The topological polar surface area (TPSA) is 140 Å². The van der Waals surface area contributed by atoms with Crippen molar-refractivity contribution in [2.24, 2.45) is 0 Å². The minimum atomic E-state index is -0.979. The normalized spacial score (nSPS) is 17.7. The molecule has 4 atom stereocenters. The van der Waals surface area contributed by atoms with Gasteiger partial charge in [0.05, 0.1) is 25.0 Å². The van der Waals surface area contributed by atoms with Gasteiger partial charge in [0.1, 0.15) is 23.9 Å². The molecule has 56 heavy (non-hydrogen) atoms. The molecule has 2 saturated heterocycles. The number of likely N-dealkylation sites (tertiary alicyclic amines) is 2. The molecule has 1 aromatic heterocycles. The molecule has 0 radical (unpaired) electrons. The van der Waals surface area contributed by atoms with Crippen molar-refractivity contribution in [1.82, 2.24) is 30.0 Å². The Morgan fingerprint density at radius 2 is 1.34 bits per heavy atom. The standard InChI is InChI=1S/C44H47N7O5/c1-49(2)39(33-14-8-5-9-15-33)43(54)50-26-10-16-36(50)40-45-28-35(47-40)31-20-18-29(19-21-31)30-22-24-34(25-23-30)46-41(52)37-17-11-27-51(37)42(53)38(48-44(55)56-3)32-12-6-4-7-13-32/h4-9,12-15,18-25,28,36-39H,10-11,16-17,26-27H2,1-3H3,(H,45,47)(H,46,52)(H,48,55)/t36-,37?,38+,39+/m0/s1. The van der Waals surface area contributed by atoms with Crippen LogP contribution in [0.15, 0.2) is 115 Å². The summed E-state index contributed by atoms with van der Waals surface area (Å²) in [6.45, 7) is 1.10. The van der Waals surface area contributed by atoms with Crippen LogP contribution in [-0.2, 0) is 19.1 Å². The molecule has 1 unspecified atom stereocenters. The third-order valence-corrected chi connectivity index (χ3v) is 10.7. The number of benzene rings is 4. The van der Waals surface area contributed by atoms with Gasteiger partial charge in [-0.15, -0.1) is 0 Å². The monoisotopic (exact) mass is 753 g/mol. The number of hydrogen-bond acceptors (Lipinski definition) is 7. The molecular formula is C44H47N7O5. The van der Waals surface area contributed by atoms with E-state index in [9.17, 15) is 19.2 Å². The van der Waals surface area contributed by atoms with Gasteiger partial charge in [0.25, 0.3) is 5.91 Å². The number of anilines is 1. The van der Waals surface area contributed by atoms with Crippen molar-refractivity contribution < 1.29 is 23.9 Å². The number of amides is 4. The molecule has 2 fully saturated rings. The summed E-state index contributed by atoms with van der Waals surface area (Å²) >= 11 is 0. The van der Waals surface area contributed by atoms with E-state index >= 15 is 0 Å². The van der Waals surface area contributed by atoms with Gasteiger partial charge in [-0.2, -0.15) is 0 Å². The number of H-pyrrole nitrogens is 1. The lowest BCUT2D eigenvalue weighted by molar-refractivity contribution is -0.138. The number of alkyl carbamates (subject to hydrolysis) is 1. The molecule has 2 aliphatic rings. The van der Waals surface area contributed by atoms with E-state index in [1.165, 1.54) is 12.0 Å². The Morgan fingerprint density at radius 1 is 0.750 bits per heavy atom. The first-order chi connectivity index (χ1) is 27.2. The molecule has 4 amide bonds. The molecule has 0 aliphatic carbocycles. The Kier molecular flexibility index (Phi) is 11.6. The summed E-state index contributed by atoms with van der Waals surface area (Å²) in [4.78, 5) is 66.9. The summed E-state index contributed by atoms with van der Waals surface area (Å²) in [6.07, 6.45) is 4.06. The average molecular weight is 754 g/mol. The fourth-order valence-electron chi connectivity index (χ4n) is 7.81. The highest BCUT2D eigenvalue weighted by Crippen LogP contribution is 2.35. The second-order valence-corrected chi connectivity index (χ2v) is 14.5. The van der Waals surface area contributed by atoms with Gasteiger partial charge >= 0.3 is 6.09 Å². The van der Waals surface area contributed by atoms with E-state index in [0.29, 0.717) is 37.2 Å². The Bertz CT molecular complexity index is 2140. The van der Waals surface area contributed by atoms with Crippen LogP contribution in [0.4, 0.5) is 10.5 Å². The third-order valence-electron chi connectivity index (χ3n) is 10.7. The number of methoxy groups -OCH3 is 1. The average Bonchev–Trinajstić information content (AvgIpc) is 4.03. The lowest BCUT2D eigenvalue weighted by Crippen LogP contribution is -2.48. The lowest BCUT2D eigenvalue weighted by Gasteiger charge is -2.31. The van der Waals surface area contributed by atoms with Gasteiger partial charge in [-0.25, -0.2) is 9.78 Å². The van der Waals surface area contributed by atoms with E-state index in [2.05, 4.69) is 15.6 Å². The summed E-state index contributed by atoms with van der Waals surface area (Å²) < 4.78 is 4.77. The molecule has 12 nitrogen and oxygen atoms in total. The number of carbonyl (C=O) groups excluding carboxylic acids is 4. The van der Waals surface area contributed by atoms with Crippen molar-refractivity contribution in [3.8, 4) is 22.4 Å². The Hall–Kier alpha value is -6.27. The Morgan fingerprint density at radius 3 is 1.98 bits per heavy atom. The predicted octanol–water partition coefficient (Wildman–Crippen LogP) is 6.74. The molecule has 5 aromatic rings. The van der Waals surface area contributed by atoms with Gasteiger partial charge in [-0.3, -0.25) is 19.3 Å². The van der Waals surface area contributed by atoms with E-state index in [1.54, 1.807) is 24.3 Å². The smallest absolute Gasteiger partial charge is 0.407 e. The zero-order valence-electron chi connectivity index (χ0n) is 31.9. The second-order valence-electron chi connectivity index (χ2n) is 14.5. The first kappa shape index (κ1) is 38.0. The number of nitrogens with zero attached hydrogens (tertiary/aromatic N) is 4. The first-order valence-corrected chi connectivity index (χ1v) is 19.0. The van der Waals surface area contributed by atoms with Crippen LogP contribution >= 0.6 is 0 Å². The third kappa shape index (κ3) is 8.20. The van der Waals surface area contributed by atoms with Gasteiger partial charge in [-0.05, 0) is 79.7 Å². The van der Waals surface area contributed by atoms with E-state index < -0.39 is 18.2 Å². The summed E-state index contributed by atoms with van der Waals surface area (Å²) in [5.74, 6) is 0.221. The number of nitrogens with one attached hydrogen (secondary N) is 3. The zero-order chi connectivity index (χ0) is 39.2. The highest BCUT2D eigenvalue weighted by molar-refractivity contribution is 5.99. The molecule has 2 aliphatic heterocycles. The largest absolute Gasteiger partial charge is 0.453 e. The number of hydrogen-bond donors (Lipinski definition) is 3. The quantitative estimate of drug-likeness (QED) is 0.136. The van der Waals surface area contributed by atoms with Crippen LogP contribution in [0.1, 0.15) is 60.8 Å². The fraction of sp³-hybridized carbons (Fsp3) is 0.295. The summed E-state index contributed by atoms with van der Waals surface area (Å²) in [6, 6.07) is 32.5. The van der Waals surface area contributed by atoms with Gasteiger partial charge < -0.3 is 30.2 Å². The number of likely N-dealkylation sites (N-methyl/N-ethyl adjacent to an activating group) is 1. The molecule has 0 saturated carbocycles. The summed E-state index contributed by atoms with van der Waals surface area (Å²) in [7, 11) is 5.12. The van der Waals surface area contributed by atoms with Crippen LogP contribution < -0.4 is 10.6 Å². The molecule has 4 aromatic carbocycles. The maximum atomic E-state index is 13.9. The van der Waals surface area contributed by atoms with E-state index in [-0.39, 0.29) is 29.8 Å². The predicted molar refractivity (Wildman–Crippen MR) is 214 cm³/mol. The lowest BCUT2D eigenvalue weighted by atomic mass is 10.0. The minimum Gasteiger partial charge on any atom is -0.453 e. The molecular weight excluding hydrogens is 707 g/mol. The zero-order valence-corrected chi connectivity index (χ0v) is 31.9.